The van der Waals surface area contributed by atoms with E-state index >= 15 is 0 Å². The molecule has 0 N–H and O–H groups in total. The second kappa shape index (κ2) is 6.93. The van der Waals surface area contributed by atoms with Crippen LogP contribution in [0.2, 0.25) is 0 Å². The third-order valence-corrected chi connectivity index (χ3v) is 2.74. The third kappa shape index (κ3) is 4.74. The van der Waals surface area contributed by atoms with Crippen LogP contribution in [-0.2, 0) is 9.53 Å². The lowest BCUT2D eigenvalue weighted by Crippen LogP contribution is -2.11. The molecule has 0 fully saturated rings. The minimum atomic E-state index is -0.266. The Bertz CT molecular complexity index is 487. The first-order chi connectivity index (χ1) is 8.91. The lowest BCUT2D eigenvalue weighted by Gasteiger charge is -2.15. The van der Waals surface area contributed by atoms with Crippen molar-refractivity contribution in [1.29, 1.82) is 0 Å². The van der Waals surface area contributed by atoms with Gasteiger partial charge in [-0.1, -0.05) is 41.5 Å². The molecule has 1 aromatic rings. The van der Waals surface area contributed by atoms with E-state index in [0.717, 1.165) is 16.7 Å². The molecule has 102 valence electrons. The van der Waals surface area contributed by atoms with Crippen LogP contribution < -0.4 is 0 Å². The smallest absolute Gasteiger partial charge is 0.338 e. The second-order valence-corrected chi connectivity index (χ2v) is 5.09. The monoisotopic (exact) mass is 258 g/mol. The van der Waals surface area contributed by atoms with Gasteiger partial charge in [0.2, 0.25) is 0 Å². The fourth-order valence-corrected chi connectivity index (χ4v) is 1.71. The summed E-state index contributed by atoms with van der Waals surface area (Å²) >= 11 is 0. The molecular weight excluding hydrogens is 236 g/mol. The molecule has 2 nitrogen and oxygen atoms in total. The molecule has 0 aromatic heterocycles. The Labute approximate surface area is 115 Å². The average molecular weight is 258 g/mol. The van der Waals surface area contributed by atoms with E-state index in [0.29, 0.717) is 5.57 Å². The molecule has 0 radical (unpaired) electrons. The van der Waals surface area contributed by atoms with Crippen LogP contribution in [0.5, 0.6) is 0 Å². The molecule has 0 bridgehead atoms. The predicted molar refractivity (Wildman–Crippen MR) is 78.8 cm³/mol. The fraction of sp³-hybridized carbons (Fsp3) is 0.353. The number of hydrogen-bond donors (Lipinski definition) is 0. The van der Waals surface area contributed by atoms with E-state index in [2.05, 4.69) is 0 Å². The highest BCUT2D eigenvalue weighted by Crippen LogP contribution is 2.19. The summed E-state index contributed by atoms with van der Waals surface area (Å²) in [4.78, 5) is 12.2. The van der Waals surface area contributed by atoms with E-state index in [-0.39, 0.29) is 12.1 Å². The van der Waals surface area contributed by atoms with Gasteiger partial charge in [0, 0.05) is 0 Å². The average Bonchev–Trinajstić information content (AvgIpc) is 2.36. The minimum Gasteiger partial charge on any atom is -0.454 e. The second-order valence-electron chi connectivity index (χ2n) is 5.09. The summed E-state index contributed by atoms with van der Waals surface area (Å²) in [6.07, 6.45) is 1.63. The summed E-state index contributed by atoms with van der Waals surface area (Å²) < 4.78 is 5.52. The highest BCUT2D eigenvalue weighted by Gasteiger charge is 2.15. The molecule has 2 heteroatoms. The van der Waals surface area contributed by atoms with Crippen molar-refractivity contribution in [3.05, 3.63) is 58.7 Å². The van der Waals surface area contributed by atoms with Gasteiger partial charge in [-0.3, -0.25) is 0 Å². The topological polar surface area (TPSA) is 26.3 Å². The van der Waals surface area contributed by atoms with E-state index < -0.39 is 0 Å². The van der Waals surface area contributed by atoms with Crippen molar-refractivity contribution in [3.8, 4) is 0 Å². The van der Waals surface area contributed by atoms with Crippen LogP contribution in [0.3, 0.4) is 0 Å². The van der Waals surface area contributed by atoms with Crippen LogP contribution in [0.4, 0.5) is 0 Å². The highest BCUT2D eigenvalue weighted by molar-refractivity contribution is 5.92. The van der Waals surface area contributed by atoms with Crippen molar-refractivity contribution in [2.45, 2.75) is 40.7 Å². The lowest BCUT2D eigenvalue weighted by atomic mass is 10.1. The molecule has 0 spiro atoms. The van der Waals surface area contributed by atoms with Gasteiger partial charge in [0.05, 0.1) is 5.57 Å². The maximum absolute atomic E-state index is 12.2. The van der Waals surface area contributed by atoms with Gasteiger partial charge in [-0.2, -0.15) is 0 Å². The number of carbonyl (C=O) groups is 1. The van der Waals surface area contributed by atoms with Crippen molar-refractivity contribution in [2.75, 3.05) is 0 Å². The zero-order chi connectivity index (χ0) is 14.4. The van der Waals surface area contributed by atoms with Gasteiger partial charge in [-0.15, -0.1) is 0 Å². The number of hydrogen-bond acceptors (Lipinski definition) is 2. The molecule has 0 saturated carbocycles. The molecule has 1 rings (SSSR count). The summed E-state index contributed by atoms with van der Waals surface area (Å²) in [7, 11) is 0. The molecule has 1 unspecified atom stereocenters. The SMILES string of the molecule is CC(C)=CC(C(=O)OC(C)c1ccccc1)=C(C)C. The van der Waals surface area contributed by atoms with Gasteiger partial charge in [-0.05, 0) is 46.3 Å². The number of allylic oxidation sites excluding steroid dienone is 2. The quantitative estimate of drug-likeness (QED) is 0.448. The van der Waals surface area contributed by atoms with Gasteiger partial charge in [0.1, 0.15) is 6.10 Å². The molecular formula is C17H22O2. The maximum Gasteiger partial charge on any atom is 0.338 e. The molecule has 0 saturated heterocycles. The molecule has 0 amide bonds. The Morgan fingerprint density at radius 1 is 1.11 bits per heavy atom. The van der Waals surface area contributed by atoms with Crippen LogP contribution in [0.25, 0.3) is 0 Å². The Hall–Kier alpha value is -1.83. The number of rotatable bonds is 4. The maximum atomic E-state index is 12.2. The summed E-state index contributed by atoms with van der Waals surface area (Å²) in [5.41, 5.74) is 3.69. The Kier molecular flexibility index (Phi) is 5.56. The van der Waals surface area contributed by atoms with E-state index in [4.69, 9.17) is 4.74 Å². The number of carbonyl (C=O) groups excluding carboxylic acids is 1. The first kappa shape index (κ1) is 15.2. The minimum absolute atomic E-state index is 0.242. The summed E-state index contributed by atoms with van der Waals surface area (Å²) in [6.45, 7) is 9.67. The molecule has 1 atom stereocenters. The zero-order valence-corrected chi connectivity index (χ0v) is 12.4. The molecule has 1 aromatic carbocycles. The zero-order valence-electron chi connectivity index (χ0n) is 12.4. The highest BCUT2D eigenvalue weighted by atomic mass is 16.5. The van der Waals surface area contributed by atoms with Crippen LogP contribution in [0, 0.1) is 0 Å². The van der Waals surface area contributed by atoms with Crippen molar-refractivity contribution in [3.63, 3.8) is 0 Å². The number of ether oxygens (including phenoxy) is 1. The fourth-order valence-electron chi connectivity index (χ4n) is 1.71. The van der Waals surface area contributed by atoms with Crippen LogP contribution in [0.1, 0.15) is 46.3 Å². The van der Waals surface area contributed by atoms with Crippen LogP contribution in [0.15, 0.2) is 53.1 Å². The Morgan fingerprint density at radius 2 is 1.68 bits per heavy atom. The van der Waals surface area contributed by atoms with Crippen LogP contribution >= 0.6 is 0 Å². The number of esters is 1. The first-order valence-electron chi connectivity index (χ1n) is 6.50. The van der Waals surface area contributed by atoms with E-state index in [1.165, 1.54) is 0 Å². The molecule has 19 heavy (non-hydrogen) atoms. The molecule has 0 aliphatic carbocycles. The normalized spacial score (nSPS) is 11.4. The molecule has 0 aliphatic heterocycles. The molecule has 0 aliphatic rings. The number of benzene rings is 1. The summed E-state index contributed by atoms with van der Waals surface area (Å²) in [5, 5.41) is 0. The lowest BCUT2D eigenvalue weighted by molar-refractivity contribution is -0.143. The Morgan fingerprint density at radius 3 is 2.16 bits per heavy atom. The van der Waals surface area contributed by atoms with Gasteiger partial charge in [0.15, 0.2) is 0 Å². The van der Waals surface area contributed by atoms with Gasteiger partial charge in [0.25, 0.3) is 0 Å². The standard InChI is InChI=1S/C17H22O2/c1-12(2)11-16(13(3)4)17(18)19-14(5)15-9-7-6-8-10-15/h6-11,14H,1-5H3. The van der Waals surface area contributed by atoms with E-state index in [9.17, 15) is 4.79 Å². The van der Waals surface area contributed by atoms with Crippen molar-refractivity contribution < 1.29 is 9.53 Å². The van der Waals surface area contributed by atoms with Crippen molar-refractivity contribution in [1.82, 2.24) is 0 Å². The van der Waals surface area contributed by atoms with Crippen LogP contribution in [-0.4, -0.2) is 5.97 Å². The summed E-state index contributed by atoms with van der Waals surface area (Å²) in [5.74, 6) is -0.266. The largest absolute Gasteiger partial charge is 0.454 e. The van der Waals surface area contributed by atoms with Gasteiger partial charge in [-0.25, -0.2) is 4.79 Å². The van der Waals surface area contributed by atoms with Gasteiger partial charge >= 0.3 is 5.97 Å². The van der Waals surface area contributed by atoms with Gasteiger partial charge < -0.3 is 4.74 Å². The Balaban J connectivity index is 2.85. The predicted octanol–water partition coefficient (Wildman–Crippen LogP) is 4.59. The summed E-state index contributed by atoms with van der Waals surface area (Å²) in [6, 6.07) is 9.75. The van der Waals surface area contributed by atoms with Crippen molar-refractivity contribution >= 4 is 5.97 Å². The van der Waals surface area contributed by atoms with E-state index in [1.807, 2.05) is 71.0 Å². The van der Waals surface area contributed by atoms with E-state index in [1.54, 1.807) is 0 Å². The molecule has 0 heterocycles. The first-order valence-corrected chi connectivity index (χ1v) is 6.50. The van der Waals surface area contributed by atoms with Crippen molar-refractivity contribution in [2.24, 2.45) is 0 Å². The third-order valence-electron chi connectivity index (χ3n) is 2.74.